The second-order valence-electron chi connectivity index (χ2n) is 8.88. The van der Waals surface area contributed by atoms with E-state index in [2.05, 4.69) is 5.32 Å². The molecule has 0 aliphatic carbocycles. The monoisotopic (exact) mass is 543 g/mol. The van der Waals surface area contributed by atoms with Crippen LogP contribution in [0.3, 0.4) is 0 Å². The summed E-state index contributed by atoms with van der Waals surface area (Å²) in [5, 5.41) is 23.2. The molecule has 0 amide bonds. The second-order valence-corrected chi connectivity index (χ2v) is 9.26. The molecule has 1 unspecified atom stereocenters. The third kappa shape index (κ3) is 4.88. The van der Waals surface area contributed by atoms with E-state index in [1.54, 1.807) is 51.6 Å². The molecule has 0 spiro atoms. The molecule has 1 atom stereocenters. The number of fused-ring (bicyclic) bond motifs is 1. The SMILES string of the molecule is COc1ccccc1C1CC(c2c(O)ccc3ccccc23)=NN1C(=S)Nc1cc(OC)c(OC)c(OC)c1. The summed E-state index contributed by atoms with van der Waals surface area (Å²) in [6, 6.07) is 22.6. The zero-order valence-corrected chi connectivity index (χ0v) is 22.9. The van der Waals surface area contributed by atoms with Crippen molar-refractivity contribution in [3.8, 4) is 28.7 Å². The summed E-state index contributed by atoms with van der Waals surface area (Å²) in [6.45, 7) is 0. The maximum atomic E-state index is 10.9. The Morgan fingerprint density at radius 2 is 1.54 bits per heavy atom. The first-order chi connectivity index (χ1) is 19.0. The number of benzene rings is 4. The largest absolute Gasteiger partial charge is 0.507 e. The molecule has 9 heteroatoms. The summed E-state index contributed by atoms with van der Waals surface area (Å²) in [4.78, 5) is 0. The predicted octanol–water partition coefficient (Wildman–Crippen LogP) is 6.13. The normalized spacial score (nSPS) is 14.6. The van der Waals surface area contributed by atoms with Crippen molar-refractivity contribution >= 4 is 39.5 Å². The number of phenolic OH excluding ortho intramolecular Hbond substituents is 1. The zero-order valence-electron chi connectivity index (χ0n) is 22.1. The van der Waals surface area contributed by atoms with Gasteiger partial charge in [-0.05, 0) is 35.1 Å². The van der Waals surface area contributed by atoms with Crippen molar-refractivity contribution in [1.29, 1.82) is 0 Å². The van der Waals surface area contributed by atoms with Gasteiger partial charge in [0.05, 0.1) is 40.2 Å². The first-order valence-electron chi connectivity index (χ1n) is 12.3. The van der Waals surface area contributed by atoms with Gasteiger partial charge in [-0.1, -0.05) is 48.5 Å². The van der Waals surface area contributed by atoms with Crippen molar-refractivity contribution in [2.24, 2.45) is 5.10 Å². The number of methoxy groups -OCH3 is 4. The number of para-hydroxylation sites is 1. The molecule has 1 aliphatic rings. The summed E-state index contributed by atoms with van der Waals surface area (Å²) in [5.41, 5.74) is 2.97. The number of hydrazone groups is 1. The van der Waals surface area contributed by atoms with Crippen LogP contribution >= 0.6 is 12.2 Å². The van der Waals surface area contributed by atoms with Gasteiger partial charge in [0.25, 0.3) is 0 Å². The van der Waals surface area contributed by atoms with Gasteiger partial charge < -0.3 is 29.4 Å². The minimum atomic E-state index is -0.281. The summed E-state index contributed by atoms with van der Waals surface area (Å²) >= 11 is 5.90. The fourth-order valence-corrected chi connectivity index (χ4v) is 5.22. The van der Waals surface area contributed by atoms with Crippen molar-refractivity contribution in [2.45, 2.75) is 12.5 Å². The third-order valence-electron chi connectivity index (χ3n) is 6.73. The van der Waals surface area contributed by atoms with Crippen LogP contribution in [0, 0.1) is 0 Å². The lowest BCUT2D eigenvalue weighted by molar-refractivity contribution is 0.324. The van der Waals surface area contributed by atoms with Gasteiger partial charge >= 0.3 is 0 Å². The van der Waals surface area contributed by atoms with Gasteiger partial charge in [0.15, 0.2) is 16.6 Å². The number of rotatable bonds is 7. The average molecular weight is 544 g/mol. The number of thiocarbonyl (C=S) groups is 1. The zero-order chi connectivity index (χ0) is 27.5. The van der Waals surface area contributed by atoms with Crippen molar-refractivity contribution in [1.82, 2.24) is 5.01 Å². The van der Waals surface area contributed by atoms with Crippen molar-refractivity contribution in [3.63, 3.8) is 0 Å². The van der Waals surface area contributed by atoms with Crippen LogP contribution in [-0.2, 0) is 0 Å². The van der Waals surface area contributed by atoms with Crippen molar-refractivity contribution in [3.05, 3.63) is 83.9 Å². The highest BCUT2D eigenvalue weighted by atomic mass is 32.1. The summed E-state index contributed by atoms with van der Waals surface area (Å²) in [5.74, 6) is 2.36. The lowest BCUT2D eigenvalue weighted by Crippen LogP contribution is -2.31. The maximum Gasteiger partial charge on any atom is 0.203 e. The quantitative estimate of drug-likeness (QED) is 0.270. The average Bonchev–Trinajstić information content (AvgIpc) is 3.41. The molecule has 2 N–H and O–H groups in total. The van der Waals surface area contributed by atoms with Crippen LogP contribution in [0.25, 0.3) is 10.8 Å². The minimum Gasteiger partial charge on any atom is -0.507 e. The highest BCUT2D eigenvalue weighted by Gasteiger charge is 2.35. The molecule has 1 heterocycles. The van der Waals surface area contributed by atoms with E-state index in [9.17, 15) is 5.11 Å². The molecule has 0 saturated carbocycles. The predicted molar refractivity (Wildman–Crippen MR) is 157 cm³/mol. The Hall–Kier alpha value is -4.50. The van der Waals surface area contributed by atoms with Gasteiger partial charge in [0.1, 0.15) is 11.5 Å². The Kier molecular flexibility index (Phi) is 7.42. The van der Waals surface area contributed by atoms with Crippen LogP contribution < -0.4 is 24.3 Å². The lowest BCUT2D eigenvalue weighted by Gasteiger charge is -2.26. The molecule has 200 valence electrons. The standard InChI is InChI=1S/C30H29N3O5S/c1-35-25-12-8-7-11-21(25)23-17-22(28-20-10-6-5-9-18(20)13-14-24(28)34)32-33(23)30(39)31-19-15-26(36-2)29(38-4)27(16-19)37-3/h5-16,23,34H,17H2,1-4H3,(H,31,39). The lowest BCUT2D eigenvalue weighted by atomic mass is 9.94. The number of anilines is 1. The van der Waals surface area contributed by atoms with E-state index < -0.39 is 0 Å². The number of ether oxygens (including phenoxy) is 4. The smallest absolute Gasteiger partial charge is 0.203 e. The van der Waals surface area contributed by atoms with Gasteiger partial charge in [0.2, 0.25) is 5.75 Å². The Bertz CT molecular complexity index is 1550. The minimum absolute atomic E-state index is 0.164. The molecular formula is C30H29N3O5S. The van der Waals surface area contributed by atoms with Crippen molar-refractivity contribution in [2.75, 3.05) is 33.8 Å². The molecule has 5 rings (SSSR count). The van der Waals surface area contributed by atoms with Crippen molar-refractivity contribution < 1.29 is 24.1 Å². The number of nitrogens with zero attached hydrogens (tertiary/aromatic N) is 2. The Morgan fingerprint density at radius 3 is 2.23 bits per heavy atom. The Labute approximate surface area is 232 Å². The van der Waals surface area contributed by atoms with Gasteiger partial charge in [0, 0.05) is 35.4 Å². The highest BCUT2D eigenvalue weighted by Crippen LogP contribution is 2.42. The fraction of sp³-hybridized carbons (Fsp3) is 0.200. The van der Waals surface area contributed by atoms with E-state index in [0.29, 0.717) is 45.7 Å². The van der Waals surface area contributed by atoms with Crippen LogP contribution in [0.1, 0.15) is 23.6 Å². The summed E-state index contributed by atoms with van der Waals surface area (Å²) in [7, 11) is 6.32. The highest BCUT2D eigenvalue weighted by molar-refractivity contribution is 7.80. The van der Waals surface area contributed by atoms with Gasteiger partial charge in [-0.2, -0.15) is 5.10 Å². The molecule has 0 bridgehead atoms. The van der Waals surface area contributed by atoms with E-state index in [1.807, 2.05) is 54.6 Å². The molecular weight excluding hydrogens is 514 g/mol. The maximum absolute atomic E-state index is 10.9. The molecule has 0 saturated heterocycles. The number of nitrogens with one attached hydrogen (secondary N) is 1. The number of phenols is 1. The second kappa shape index (κ2) is 11.1. The van der Waals surface area contributed by atoms with E-state index >= 15 is 0 Å². The molecule has 8 nitrogen and oxygen atoms in total. The topological polar surface area (TPSA) is 84.8 Å². The molecule has 0 radical (unpaired) electrons. The van der Waals surface area contributed by atoms with Gasteiger partial charge in [-0.25, -0.2) is 5.01 Å². The summed E-state index contributed by atoms with van der Waals surface area (Å²) in [6.07, 6.45) is 0.499. The molecule has 0 fully saturated rings. The van der Waals surface area contributed by atoms with Crippen LogP contribution in [0.2, 0.25) is 0 Å². The Balaban J connectivity index is 1.58. The Morgan fingerprint density at radius 1 is 0.872 bits per heavy atom. The van der Waals surface area contributed by atoms with E-state index in [-0.39, 0.29) is 11.8 Å². The van der Waals surface area contributed by atoms with Crippen LogP contribution in [-0.4, -0.2) is 49.4 Å². The van der Waals surface area contributed by atoms with E-state index in [0.717, 1.165) is 22.1 Å². The van der Waals surface area contributed by atoms with Crippen LogP contribution in [0.15, 0.2) is 77.9 Å². The van der Waals surface area contributed by atoms with Gasteiger partial charge in [-0.15, -0.1) is 0 Å². The first-order valence-corrected chi connectivity index (χ1v) is 12.7. The van der Waals surface area contributed by atoms with Gasteiger partial charge in [-0.3, -0.25) is 0 Å². The van der Waals surface area contributed by atoms with Crippen LogP contribution in [0.5, 0.6) is 28.7 Å². The van der Waals surface area contributed by atoms with E-state index in [4.69, 9.17) is 36.3 Å². The molecule has 39 heavy (non-hydrogen) atoms. The number of hydrogen-bond donors (Lipinski definition) is 2. The molecule has 1 aliphatic heterocycles. The molecule has 4 aromatic carbocycles. The first kappa shape index (κ1) is 26.1. The molecule has 0 aromatic heterocycles. The summed E-state index contributed by atoms with van der Waals surface area (Å²) < 4.78 is 22.1. The fourth-order valence-electron chi connectivity index (χ4n) is 4.93. The number of aromatic hydroxyl groups is 1. The molecule has 4 aromatic rings. The van der Waals surface area contributed by atoms with Crippen LogP contribution in [0.4, 0.5) is 5.69 Å². The third-order valence-corrected chi connectivity index (χ3v) is 7.02. The van der Waals surface area contributed by atoms with E-state index in [1.165, 1.54) is 0 Å². The number of hydrogen-bond acceptors (Lipinski definition) is 7.